The summed E-state index contributed by atoms with van der Waals surface area (Å²) in [5.74, 6) is 0.0679. The van der Waals surface area contributed by atoms with Crippen LogP contribution in [0.3, 0.4) is 0 Å². The molecule has 0 aliphatic heterocycles. The second-order valence-electron chi connectivity index (χ2n) is 5.51. The highest BCUT2D eigenvalue weighted by Gasteiger charge is 2.27. The normalized spacial score (nSPS) is 14.9. The molecule has 4 N–H and O–H groups in total. The van der Waals surface area contributed by atoms with Crippen molar-refractivity contribution in [2.45, 2.75) is 45.6 Å². The van der Waals surface area contributed by atoms with E-state index in [-0.39, 0.29) is 12.4 Å². The van der Waals surface area contributed by atoms with Crippen LogP contribution >= 0.6 is 0 Å². The molecule has 0 atom stereocenters. The first-order valence-corrected chi connectivity index (χ1v) is 7.24. The van der Waals surface area contributed by atoms with E-state index in [0.29, 0.717) is 6.04 Å². The molecule has 0 bridgehead atoms. The maximum absolute atomic E-state index is 9.12. The van der Waals surface area contributed by atoms with Gasteiger partial charge in [-0.3, -0.25) is 10.4 Å². The van der Waals surface area contributed by atoms with Gasteiger partial charge in [0, 0.05) is 24.9 Å². The topological polar surface area (TPSA) is 86.2 Å². The zero-order chi connectivity index (χ0) is 14.7. The van der Waals surface area contributed by atoms with Gasteiger partial charge in [-0.1, -0.05) is 0 Å². The number of anilines is 1. The van der Waals surface area contributed by atoms with Gasteiger partial charge in [-0.2, -0.15) is 0 Å². The minimum atomic E-state index is 0.0679. The van der Waals surface area contributed by atoms with E-state index in [2.05, 4.69) is 9.88 Å². The van der Waals surface area contributed by atoms with Crippen LogP contribution in [-0.4, -0.2) is 35.1 Å². The van der Waals surface area contributed by atoms with Crippen LogP contribution in [0.1, 0.15) is 42.6 Å². The van der Waals surface area contributed by atoms with E-state index in [1.165, 1.54) is 19.3 Å². The van der Waals surface area contributed by atoms with Gasteiger partial charge in [-0.15, -0.1) is 0 Å². The molecule has 1 fully saturated rings. The number of nitrogens with zero attached hydrogens (tertiary/aromatic N) is 2. The number of aryl methyl sites for hydroxylation is 2. The first-order chi connectivity index (χ1) is 9.54. The highest BCUT2D eigenvalue weighted by Crippen LogP contribution is 2.33. The molecular formula is C15H24N4O. The van der Waals surface area contributed by atoms with Gasteiger partial charge >= 0.3 is 0 Å². The number of nitrogens with one attached hydrogen (secondary N) is 1. The lowest BCUT2D eigenvalue weighted by molar-refractivity contribution is 0.283. The number of aliphatic hydroxyl groups is 1. The Bertz CT molecular complexity index is 497. The number of aliphatic hydroxyl groups excluding tert-OH is 1. The van der Waals surface area contributed by atoms with E-state index in [0.717, 1.165) is 35.6 Å². The molecule has 20 heavy (non-hydrogen) atoms. The number of aromatic nitrogens is 1. The number of rotatable bonds is 6. The fourth-order valence-corrected chi connectivity index (χ4v) is 2.81. The molecule has 1 saturated carbocycles. The van der Waals surface area contributed by atoms with Gasteiger partial charge in [0.05, 0.1) is 16.9 Å². The maximum atomic E-state index is 9.12. The minimum absolute atomic E-state index is 0.0679. The zero-order valence-electron chi connectivity index (χ0n) is 12.3. The highest BCUT2D eigenvalue weighted by atomic mass is 16.3. The van der Waals surface area contributed by atoms with Gasteiger partial charge < -0.3 is 15.7 Å². The Labute approximate surface area is 120 Å². The molecule has 0 amide bonds. The molecule has 1 heterocycles. The van der Waals surface area contributed by atoms with Gasteiger partial charge in [0.25, 0.3) is 0 Å². The minimum Gasteiger partial charge on any atom is -0.396 e. The van der Waals surface area contributed by atoms with E-state index >= 15 is 0 Å². The number of nitrogen functional groups attached to an aromatic ring is 1. The van der Waals surface area contributed by atoms with Gasteiger partial charge in [-0.25, -0.2) is 0 Å². The number of hydrogen-bond donors (Lipinski definition) is 3. The van der Waals surface area contributed by atoms with Crippen molar-refractivity contribution >= 4 is 11.5 Å². The van der Waals surface area contributed by atoms with E-state index in [1.54, 1.807) is 0 Å². The van der Waals surface area contributed by atoms with Gasteiger partial charge in [0.2, 0.25) is 0 Å². The second-order valence-corrected chi connectivity index (χ2v) is 5.51. The van der Waals surface area contributed by atoms with Crippen molar-refractivity contribution in [2.24, 2.45) is 5.73 Å². The average Bonchev–Trinajstić information content (AvgIpc) is 2.30. The number of hydrogen-bond acceptors (Lipinski definition) is 4. The van der Waals surface area contributed by atoms with Crippen molar-refractivity contribution in [2.75, 3.05) is 18.1 Å². The summed E-state index contributed by atoms with van der Waals surface area (Å²) in [5, 5.41) is 17.0. The molecule has 0 aromatic carbocycles. The van der Waals surface area contributed by atoms with Crippen LogP contribution in [0.25, 0.3) is 0 Å². The average molecular weight is 276 g/mol. The smallest absolute Gasteiger partial charge is 0.126 e. The Morgan fingerprint density at radius 2 is 2.20 bits per heavy atom. The SMILES string of the molecule is Cc1cc(N(CCCO)C2CCC2)c(C(=N)N)c(C)n1. The lowest BCUT2D eigenvalue weighted by Crippen LogP contribution is -2.42. The summed E-state index contributed by atoms with van der Waals surface area (Å²) in [5.41, 5.74) is 9.24. The summed E-state index contributed by atoms with van der Waals surface area (Å²) in [6, 6.07) is 2.51. The molecule has 0 spiro atoms. The lowest BCUT2D eigenvalue weighted by atomic mass is 9.90. The Morgan fingerprint density at radius 3 is 2.70 bits per heavy atom. The van der Waals surface area contributed by atoms with E-state index in [1.807, 2.05) is 19.9 Å². The molecule has 0 unspecified atom stereocenters. The quantitative estimate of drug-likeness (QED) is 0.545. The molecule has 0 radical (unpaired) electrons. The van der Waals surface area contributed by atoms with Crippen molar-refractivity contribution < 1.29 is 5.11 Å². The first kappa shape index (κ1) is 14.8. The summed E-state index contributed by atoms with van der Waals surface area (Å²) in [7, 11) is 0. The molecule has 5 heteroatoms. The Morgan fingerprint density at radius 1 is 1.50 bits per heavy atom. The lowest BCUT2D eigenvalue weighted by Gasteiger charge is -2.40. The van der Waals surface area contributed by atoms with Crippen LogP contribution in [0.4, 0.5) is 5.69 Å². The van der Waals surface area contributed by atoms with Crippen molar-refractivity contribution in [3.8, 4) is 0 Å². The summed E-state index contributed by atoms with van der Waals surface area (Å²) >= 11 is 0. The van der Waals surface area contributed by atoms with E-state index in [4.69, 9.17) is 16.2 Å². The number of amidine groups is 1. The molecule has 1 aromatic heterocycles. The third-order valence-corrected chi connectivity index (χ3v) is 3.96. The van der Waals surface area contributed by atoms with Crippen LogP contribution in [0.15, 0.2) is 6.07 Å². The van der Waals surface area contributed by atoms with Crippen molar-refractivity contribution in [1.82, 2.24) is 4.98 Å². The van der Waals surface area contributed by atoms with E-state index < -0.39 is 0 Å². The molecule has 1 aromatic rings. The third kappa shape index (κ3) is 2.93. The molecule has 0 saturated heterocycles. The summed E-state index contributed by atoms with van der Waals surface area (Å²) in [6.07, 6.45) is 4.32. The fraction of sp³-hybridized carbons (Fsp3) is 0.600. The largest absolute Gasteiger partial charge is 0.396 e. The standard InChI is InChI=1S/C15H24N4O/c1-10-9-13(14(15(16)17)11(2)18-10)19(7-4-8-20)12-5-3-6-12/h9,12,20H,3-8H2,1-2H3,(H3,16,17). The Balaban J connectivity index is 2.42. The van der Waals surface area contributed by atoms with Crippen LogP contribution in [0.5, 0.6) is 0 Å². The number of nitrogens with two attached hydrogens (primary N) is 1. The van der Waals surface area contributed by atoms with Crippen LogP contribution in [0, 0.1) is 19.3 Å². The molecular weight excluding hydrogens is 252 g/mol. The second kappa shape index (κ2) is 6.22. The van der Waals surface area contributed by atoms with Crippen molar-refractivity contribution in [3.63, 3.8) is 0 Å². The maximum Gasteiger partial charge on any atom is 0.126 e. The highest BCUT2D eigenvalue weighted by molar-refractivity contribution is 6.01. The number of pyridine rings is 1. The monoisotopic (exact) mass is 276 g/mol. The molecule has 5 nitrogen and oxygen atoms in total. The van der Waals surface area contributed by atoms with Crippen LogP contribution in [0.2, 0.25) is 0 Å². The third-order valence-electron chi connectivity index (χ3n) is 3.96. The predicted molar refractivity (Wildman–Crippen MR) is 81.4 cm³/mol. The molecule has 2 rings (SSSR count). The van der Waals surface area contributed by atoms with Gasteiger partial charge in [-0.05, 0) is 45.6 Å². The Hall–Kier alpha value is -1.62. The predicted octanol–water partition coefficient (Wildman–Crippen LogP) is 1.72. The van der Waals surface area contributed by atoms with E-state index in [9.17, 15) is 0 Å². The van der Waals surface area contributed by atoms with Crippen molar-refractivity contribution in [3.05, 3.63) is 23.0 Å². The molecule has 1 aliphatic rings. The molecule has 1 aliphatic carbocycles. The van der Waals surface area contributed by atoms with Gasteiger partial charge in [0.15, 0.2) is 0 Å². The summed E-state index contributed by atoms with van der Waals surface area (Å²) in [6.45, 7) is 4.84. The van der Waals surface area contributed by atoms with Crippen molar-refractivity contribution in [1.29, 1.82) is 5.41 Å². The van der Waals surface area contributed by atoms with Crippen LogP contribution in [-0.2, 0) is 0 Å². The van der Waals surface area contributed by atoms with Crippen LogP contribution < -0.4 is 10.6 Å². The first-order valence-electron chi connectivity index (χ1n) is 7.24. The summed E-state index contributed by atoms with van der Waals surface area (Å²) < 4.78 is 0. The Kier molecular flexibility index (Phi) is 4.60. The summed E-state index contributed by atoms with van der Waals surface area (Å²) in [4.78, 5) is 6.73. The molecule has 110 valence electrons. The zero-order valence-corrected chi connectivity index (χ0v) is 12.3. The van der Waals surface area contributed by atoms with Gasteiger partial charge in [0.1, 0.15) is 5.84 Å². The fourth-order valence-electron chi connectivity index (χ4n) is 2.81.